The largest absolute Gasteiger partial charge is 0.341 e. The molecule has 5 rings (SSSR count). The molecule has 4 nitrogen and oxygen atoms in total. The molecule has 2 unspecified atom stereocenters. The Hall–Kier alpha value is -2.40. The van der Waals surface area contributed by atoms with Crippen molar-refractivity contribution in [1.82, 2.24) is 14.3 Å². The van der Waals surface area contributed by atoms with E-state index in [0.717, 1.165) is 41.5 Å². The van der Waals surface area contributed by atoms with Crippen molar-refractivity contribution < 1.29 is 0 Å². The number of nitrogens with zero attached hydrogens (tertiary/aromatic N) is 3. The molecule has 26 heavy (non-hydrogen) atoms. The number of hydrogen-bond acceptors (Lipinski definition) is 3. The maximum Gasteiger partial charge on any atom is 0.278 e. The van der Waals surface area contributed by atoms with Crippen LogP contribution in [0.1, 0.15) is 37.1 Å². The number of rotatable bonds is 3. The van der Waals surface area contributed by atoms with Crippen LogP contribution in [0.2, 0.25) is 0 Å². The number of fused-ring (bicyclic) bond motifs is 3. The van der Waals surface area contributed by atoms with Crippen molar-refractivity contribution in [1.29, 1.82) is 0 Å². The third kappa shape index (κ3) is 2.50. The second kappa shape index (κ2) is 6.09. The zero-order valence-electron chi connectivity index (χ0n) is 14.8. The third-order valence-corrected chi connectivity index (χ3v) is 6.44. The van der Waals surface area contributed by atoms with Gasteiger partial charge in [0.1, 0.15) is 5.69 Å². The van der Waals surface area contributed by atoms with E-state index in [9.17, 15) is 4.79 Å². The number of hydrogen-bond donors (Lipinski definition) is 0. The Morgan fingerprint density at radius 1 is 1.19 bits per heavy atom. The third-order valence-electron chi connectivity index (χ3n) is 5.57. The molecule has 2 aliphatic heterocycles. The lowest BCUT2D eigenvalue weighted by molar-refractivity contribution is 0.441. The summed E-state index contributed by atoms with van der Waals surface area (Å²) in [5.74, 6) is 0.673. The van der Waals surface area contributed by atoms with Crippen molar-refractivity contribution in [2.75, 3.05) is 0 Å². The highest BCUT2D eigenvalue weighted by Gasteiger charge is 2.28. The maximum absolute atomic E-state index is 13.1. The molecule has 3 aliphatic rings. The lowest BCUT2D eigenvalue weighted by Gasteiger charge is -2.12. The Bertz CT molecular complexity index is 1090. The fraction of sp³-hybridized carbons (Fsp3) is 0.333. The van der Waals surface area contributed by atoms with E-state index in [4.69, 9.17) is 5.10 Å². The highest BCUT2D eigenvalue weighted by molar-refractivity contribution is 7.09. The molecule has 1 aliphatic carbocycles. The van der Waals surface area contributed by atoms with Gasteiger partial charge in [0.2, 0.25) is 0 Å². The highest BCUT2D eigenvalue weighted by atomic mass is 32.1. The fourth-order valence-corrected chi connectivity index (χ4v) is 4.95. The standard InChI is InChI=1S/C21H21N3OS/c1-14-8-9-15(11-14)24-21(25)18-13-23(12-16-5-4-10-26-16)19-7-3-2-6-17(19)20(18)22-24/h2-7,10,13-15H,8-9,11-12H2,1H3. The van der Waals surface area contributed by atoms with Crippen LogP contribution >= 0.6 is 11.3 Å². The van der Waals surface area contributed by atoms with Crippen LogP contribution < -0.4 is 5.56 Å². The molecule has 0 amide bonds. The second-order valence-electron chi connectivity index (χ2n) is 7.44. The van der Waals surface area contributed by atoms with Gasteiger partial charge in [0.05, 0.1) is 23.7 Å². The first-order chi connectivity index (χ1) is 12.7. The molecule has 5 heteroatoms. The van der Waals surface area contributed by atoms with Gasteiger partial charge in [-0.2, -0.15) is 5.10 Å². The molecule has 1 aromatic heterocycles. The van der Waals surface area contributed by atoms with E-state index < -0.39 is 0 Å². The number of thiophene rings is 1. The normalized spacial score (nSPS) is 20.3. The zero-order valence-corrected chi connectivity index (χ0v) is 15.6. The van der Waals surface area contributed by atoms with Gasteiger partial charge in [-0.3, -0.25) is 4.79 Å². The van der Waals surface area contributed by atoms with Crippen molar-refractivity contribution >= 4 is 22.2 Å². The molecule has 1 saturated carbocycles. The minimum Gasteiger partial charge on any atom is -0.341 e. The van der Waals surface area contributed by atoms with Crippen LogP contribution in [0.25, 0.3) is 22.2 Å². The topological polar surface area (TPSA) is 39.8 Å². The first-order valence-corrected chi connectivity index (χ1v) is 10.1. The summed E-state index contributed by atoms with van der Waals surface area (Å²) in [6, 6.07) is 12.7. The number of para-hydroxylation sites is 1. The smallest absolute Gasteiger partial charge is 0.278 e. The molecule has 0 spiro atoms. The van der Waals surface area contributed by atoms with Crippen LogP contribution in [0.3, 0.4) is 0 Å². The number of benzene rings is 1. The van der Waals surface area contributed by atoms with Crippen LogP contribution in [0, 0.1) is 5.92 Å². The zero-order chi connectivity index (χ0) is 17.7. The van der Waals surface area contributed by atoms with Gasteiger partial charge in [0.25, 0.3) is 5.56 Å². The summed E-state index contributed by atoms with van der Waals surface area (Å²) in [4.78, 5) is 14.4. The predicted octanol–water partition coefficient (Wildman–Crippen LogP) is 4.77. The molecule has 0 saturated heterocycles. The quantitative estimate of drug-likeness (QED) is 0.526. The lowest BCUT2D eigenvalue weighted by atomic mass is 10.1. The van der Waals surface area contributed by atoms with Gasteiger partial charge in [-0.15, -0.1) is 11.3 Å². The average molecular weight is 363 g/mol. The lowest BCUT2D eigenvalue weighted by Crippen LogP contribution is -2.21. The van der Waals surface area contributed by atoms with Gasteiger partial charge in [-0.1, -0.05) is 31.2 Å². The van der Waals surface area contributed by atoms with Gasteiger partial charge in [0, 0.05) is 16.5 Å². The Labute approximate surface area is 156 Å². The van der Waals surface area contributed by atoms with Crippen molar-refractivity contribution in [2.45, 2.75) is 38.8 Å². The van der Waals surface area contributed by atoms with Crippen molar-refractivity contribution in [3.8, 4) is 11.3 Å². The van der Waals surface area contributed by atoms with E-state index in [-0.39, 0.29) is 11.6 Å². The van der Waals surface area contributed by atoms with E-state index in [2.05, 4.69) is 41.1 Å². The van der Waals surface area contributed by atoms with Gasteiger partial charge in [0.15, 0.2) is 0 Å². The first kappa shape index (κ1) is 15.8. The van der Waals surface area contributed by atoms with Crippen LogP contribution in [-0.4, -0.2) is 14.3 Å². The van der Waals surface area contributed by atoms with E-state index in [1.165, 1.54) is 11.3 Å². The van der Waals surface area contributed by atoms with E-state index in [1.807, 2.05) is 18.3 Å². The highest BCUT2D eigenvalue weighted by Crippen LogP contribution is 2.35. The van der Waals surface area contributed by atoms with Crippen molar-refractivity contribution in [3.63, 3.8) is 0 Å². The first-order valence-electron chi connectivity index (χ1n) is 9.23. The van der Waals surface area contributed by atoms with Gasteiger partial charge < -0.3 is 4.57 Å². The molecular weight excluding hydrogens is 342 g/mol. The van der Waals surface area contributed by atoms with Crippen LogP contribution in [0.5, 0.6) is 0 Å². The van der Waals surface area contributed by atoms with Crippen molar-refractivity contribution in [2.24, 2.45) is 5.92 Å². The predicted molar refractivity (Wildman–Crippen MR) is 106 cm³/mol. The maximum atomic E-state index is 13.1. The van der Waals surface area contributed by atoms with E-state index in [1.54, 1.807) is 16.0 Å². The van der Waals surface area contributed by atoms with Crippen LogP contribution in [0.4, 0.5) is 0 Å². The molecule has 1 aromatic carbocycles. The molecule has 132 valence electrons. The van der Waals surface area contributed by atoms with Gasteiger partial charge >= 0.3 is 0 Å². The molecular formula is C21H21N3OS. The number of aromatic nitrogens is 3. The molecule has 2 atom stereocenters. The van der Waals surface area contributed by atoms with Crippen LogP contribution in [0.15, 0.2) is 52.8 Å². The average Bonchev–Trinajstić information content (AvgIpc) is 3.37. The molecule has 0 bridgehead atoms. The minimum absolute atomic E-state index is 0.0600. The van der Waals surface area contributed by atoms with Crippen LogP contribution in [-0.2, 0) is 6.54 Å². The molecule has 3 heterocycles. The molecule has 0 N–H and O–H groups in total. The Morgan fingerprint density at radius 3 is 2.85 bits per heavy atom. The second-order valence-corrected chi connectivity index (χ2v) is 8.47. The Morgan fingerprint density at radius 2 is 2.08 bits per heavy atom. The molecule has 2 aromatic rings. The summed E-state index contributed by atoms with van der Waals surface area (Å²) in [5.41, 5.74) is 2.76. The summed E-state index contributed by atoms with van der Waals surface area (Å²) >= 11 is 1.74. The minimum atomic E-state index is 0.0600. The van der Waals surface area contributed by atoms with Gasteiger partial charge in [-0.25, -0.2) is 4.68 Å². The summed E-state index contributed by atoms with van der Waals surface area (Å²) in [6.07, 6.45) is 5.29. The Balaban J connectivity index is 1.72. The summed E-state index contributed by atoms with van der Waals surface area (Å²) < 4.78 is 3.95. The fourth-order valence-electron chi connectivity index (χ4n) is 4.24. The van der Waals surface area contributed by atoms with E-state index in [0.29, 0.717) is 5.92 Å². The summed E-state index contributed by atoms with van der Waals surface area (Å²) in [5, 5.41) is 7.94. The summed E-state index contributed by atoms with van der Waals surface area (Å²) in [6.45, 7) is 3.04. The number of pyridine rings is 1. The van der Waals surface area contributed by atoms with E-state index >= 15 is 0 Å². The Kier molecular flexibility index (Phi) is 3.71. The van der Waals surface area contributed by atoms with Crippen molar-refractivity contribution in [3.05, 3.63) is 63.2 Å². The summed E-state index contributed by atoms with van der Waals surface area (Å²) in [7, 11) is 0. The SMILES string of the molecule is CC1CCC(n2nc3c4ccccc4n(Cc4cccs4)cc-3c2=O)C1. The molecule has 1 fully saturated rings. The monoisotopic (exact) mass is 363 g/mol. The molecule has 0 radical (unpaired) electrons. The van der Waals surface area contributed by atoms with Gasteiger partial charge in [-0.05, 0) is 42.7 Å².